The summed E-state index contributed by atoms with van der Waals surface area (Å²) in [5.74, 6) is 1.59. The van der Waals surface area contributed by atoms with Crippen LogP contribution in [0.25, 0.3) is 22.3 Å². The Balaban J connectivity index is 0. The molecule has 5 rings (SSSR count). The molecule has 2 aromatic heterocycles. The molecule has 4 nitrogen and oxygen atoms in total. The molecule has 0 amide bonds. The van der Waals surface area contributed by atoms with E-state index in [1.807, 2.05) is 61.2 Å². The van der Waals surface area contributed by atoms with Crippen LogP contribution in [0.3, 0.4) is 0 Å². The molecule has 3 aromatic carbocycles. The van der Waals surface area contributed by atoms with Gasteiger partial charge < -0.3 is 49.6 Å². The zero-order chi connectivity index (χ0) is 36.1. The van der Waals surface area contributed by atoms with E-state index in [9.17, 15) is 0 Å². The summed E-state index contributed by atoms with van der Waals surface area (Å²) in [6.45, 7) is 25.0. The van der Waals surface area contributed by atoms with Crippen molar-refractivity contribution in [3.8, 4) is 22.3 Å². The molecule has 0 bridgehead atoms. The van der Waals surface area contributed by atoms with Gasteiger partial charge in [0.1, 0.15) is 0 Å². The van der Waals surface area contributed by atoms with Gasteiger partial charge in [0.15, 0.2) is 0 Å². The molecule has 0 aliphatic carbocycles. The first kappa shape index (κ1) is 55.9. The van der Waals surface area contributed by atoms with Crippen LogP contribution in [0.1, 0.15) is 144 Å². The number of aliphatic imine (C=N–C) groups is 2. The van der Waals surface area contributed by atoms with Gasteiger partial charge in [-0.15, -0.1) is 0 Å². The van der Waals surface area contributed by atoms with E-state index < -0.39 is 0 Å². The van der Waals surface area contributed by atoms with Gasteiger partial charge in [0.25, 0.3) is 0 Å². The maximum atomic E-state index is 5.08. The minimum Gasteiger partial charge on any atom is -1.00 e. The van der Waals surface area contributed by atoms with Gasteiger partial charge in [-0.05, 0) is 141 Å². The van der Waals surface area contributed by atoms with E-state index in [0.717, 1.165) is 22.8 Å². The summed E-state index contributed by atoms with van der Waals surface area (Å²) in [7, 11) is 0. The molecular weight excluding hydrogens is 963 g/mol. The molecule has 2 heterocycles. The van der Waals surface area contributed by atoms with Gasteiger partial charge in [-0.2, -0.15) is 0 Å². The van der Waals surface area contributed by atoms with Gasteiger partial charge in [-0.1, -0.05) is 93.5 Å². The van der Waals surface area contributed by atoms with Gasteiger partial charge in [0, 0.05) is 12.4 Å². The number of nitrogens with zero attached hydrogens (tertiary/aromatic N) is 4. The van der Waals surface area contributed by atoms with Gasteiger partial charge >= 0.3 is 40.8 Å². The number of rotatable bonds is 11. The summed E-state index contributed by atoms with van der Waals surface area (Å²) in [6, 6.07) is 26.2. The van der Waals surface area contributed by atoms with Crippen LogP contribution in [0.4, 0.5) is 11.4 Å². The van der Waals surface area contributed by atoms with Crippen molar-refractivity contribution < 1.29 is 90.5 Å². The Kier molecular flexibility index (Phi) is 25.3. The summed E-state index contributed by atoms with van der Waals surface area (Å²) in [5.41, 5.74) is 16.6. The van der Waals surface area contributed by atoms with Crippen molar-refractivity contribution in [3.05, 3.63) is 130 Å². The Hall–Kier alpha value is -2.22. The number of benzene rings is 3. The topological polar surface area (TPSA) is 50.5 Å². The van der Waals surface area contributed by atoms with Crippen molar-refractivity contribution in [2.75, 3.05) is 0 Å². The molecule has 0 atom stereocenters. The molecule has 0 spiro atoms. The minimum absolute atomic E-state index is 0. The maximum absolute atomic E-state index is 5.08. The van der Waals surface area contributed by atoms with Gasteiger partial charge in [0.2, 0.25) is 0 Å². The Morgan fingerprint density at radius 3 is 1.04 bits per heavy atom. The molecule has 0 fully saturated rings. The number of halogens is 4. The average Bonchev–Trinajstić information content (AvgIpc) is 3.09. The first-order valence-corrected chi connectivity index (χ1v) is 18.3. The molecule has 306 valence electrons. The van der Waals surface area contributed by atoms with Crippen LogP contribution in [-0.2, 0) is 40.8 Å². The van der Waals surface area contributed by atoms with E-state index in [0.29, 0.717) is 29.6 Å². The van der Waals surface area contributed by atoms with Crippen LogP contribution in [-0.4, -0.2) is 22.4 Å². The summed E-state index contributed by atoms with van der Waals surface area (Å²) < 4.78 is 0. The van der Waals surface area contributed by atoms with E-state index in [1.54, 1.807) is 0 Å². The van der Waals surface area contributed by atoms with E-state index in [1.165, 1.54) is 55.6 Å². The third-order valence-electron chi connectivity index (χ3n) is 9.57. The molecule has 0 aliphatic rings. The van der Waals surface area contributed by atoms with Crippen molar-refractivity contribution >= 4 is 23.8 Å². The van der Waals surface area contributed by atoms with Crippen LogP contribution >= 0.6 is 0 Å². The Morgan fingerprint density at radius 1 is 0.464 bits per heavy atom. The first-order chi connectivity index (χ1) is 23.8. The predicted octanol–water partition coefficient (Wildman–Crippen LogP) is 1.25. The smallest absolute Gasteiger partial charge is 1.00 e. The zero-order valence-electron chi connectivity index (χ0n) is 34.1. The molecule has 10 heteroatoms. The van der Waals surface area contributed by atoms with E-state index in [-0.39, 0.29) is 90.5 Å². The molecule has 56 heavy (non-hydrogen) atoms. The number of pyridine rings is 2. The second kappa shape index (κ2) is 25.3. The van der Waals surface area contributed by atoms with Crippen molar-refractivity contribution in [1.82, 2.24) is 9.97 Å². The molecule has 0 saturated carbocycles. The van der Waals surface area contributed by atoms with Crippen LogP contribution in [0.2, 0.25) is 0 Å². The standard InChI is InChI=1S/C46H54N4.4ClH.2Pd/c1-28(2)34-20-43(35-22-39(29(3)4)45(40(23-35)30(5)6)49-26-37-16-12-14-18-47-37)33(11)44(21-34)36-24-41(31(7)8)46(42(25-36)32(9)10)50-27-38-17-13-15-19-48-38;;;;;;/h12-32H,1-11H3;4*1H;;/q;;;;;2*+2/p-4. The fraction of sp³-hybridized carbons (Fsp3) is 0.348. The first-order valence-electron chi connectivity index (χ1n) is 18.3. The summed E-state index contributed by atoms with van der Waals surface area (Å²) in [4.78, 5) is 19.1. The Morgan fingerprint density at radius 2 is 0.786 bits per heavy atom. The largest absolute Gasteiger partial charge is 2.00 e. The molecule has 0 saturated heterocycles. The maximum Gasteiger partial charge on any atom is 2.00 e. The number of hydrogen-bond donors (Lipinski definition) is 0. The predicted molar refractivity (Wildman–Crippen MR) is 215 cm³/mol. The normalized spacial score (nSPS) is 10.9. The molecule has 0 N–H and O–H groups in total. The quantitative estimate of drug-likeness (QED) is 0.148. The van der Waals surface area contributed by atoms with Crippen molar-refractivity contribution in [1.29, 1.82) is 0 Å². The van der Waals surface area contributed by atoms with Crippen molar-refractivity contribution in [2.45, 2.75) is 106 Å². The van der Waals surface area contributed by atoms with E-state index in [2.05, 4.69) is 123 Å². The van der Waals surface area contributed by atoms with Crippen molar-refractivity contribution in [2.24, 2.45) is 9.98 Å². The van der Waals surface area contributed by atoms with Crippen LogP contribution < -0.4 is 49.6 Å². The zero-order valence-corrected chi connectivity index (χ0v) is 40.2. The number of hydrogen-bond acceptors (Lipinski definition) is 4. The second-order valence-electron chi connectivity index (χ2n) is 15.0. The van der Waals surface area contributed by atoms with Crippen LogP contribution in [0.5, 0.6) is 0 Å². The summed E-state index contributed by atoms with van der Waals surface area (Å²) in [6.07, 6.45) is 7.43. The SMILES string of the molecule is Cc1c(-c2cc(C(C)C)c(N=Cc3ccccn3)c(C(C)C)c2)cc(C(C)C)cc1-c1cc(C(C)C)c(N=Cc2ccccn2)c(C(C)C)c1.[Cl-].[Cl-].[Cl-].[Cl-].[Pd+2].[Pd+2]. The fourth-order valence-corrected chi connectivity index (χ4v) is 6.57. The fourth-order valence-electron chi connectivity index (χ4n) is 6.57. The summed E-state index contributed by atoms with van der Waals surface area (Å²) >= 11 is 0. The van der Waals surface area contributed by atoms with Gasteiger partial charge in [-0.25, -0.2) is 0 Å². The van der Waals surface area contributed by atoms with E-state index in [4.69, 9.17) is 9.98 Å². The Labute approximate surface area is 389 Å². The molecule has 0 unspecified atom stereocenters. The number of aromatic nitrogens is 2. The summed E-state index contributed by atoms with van der Waals surface area (Å²) in [5, 5.41) is 0. The van der Waals surface area contributed by atoms with Gasteiger partial charge in [0.05, 0.1) is 35.2 Å². The van der Waals surface area contributed by atoms with Crippen molar-refractivity contribution in [3.63, 3.8) is 0 Å². The van der Waals surface area contributed by atoms with Crippen LogP contribution in [0.15, 0.2) is 95.2 Å². The van der Waals surface area contributed by atoms with Crippen LogP contribution in [0, 0.1) is 6.92 Å². The third kappa shape index (κ3) is 13.4. The molecule has 0 aliphatic heterocycles. The van der Waals surface area contributed by atoms with E-state index >= 15 is 0 Å². The Bertz CT molecular complexity index is 1820. The molecule has 5 aromatic rings. The third-order valence-corrected chi connectivity index (χ3v) is 9.57. The minimum atomic E-state index is 0. The second-order valence-corrected chi connectivity index (χ2v) is 15.0. The average molecular weight is 1020 g/mol. The monoisotopic (exact) mass is 1010 g/mol. The molecule has 0 radical (unpaired) electrons. The molecular formula is C46H54Cl4N4Pd2. The van der Waals surface area contributed by atoms with Gasteiger partial charge in [-0.3, -0.25) is 20.0 Å².